The molecule has 1 atom stereocenters. The number of rotatable bonds is 8. The molecule has 0 fully saturated rings. The van der Waals surface area contributed by atoms with Gasteiger partial charge in [-0.25, -0.2) is 4.79 Å². The largest absolute Gasteiger partial charge is 0.465 e. The maximum Gasteiger partial charge on any atom is 0.407 e. The van der Waals surface area contributed by atoms with Gasteiger partial charge in [0.15, 0.2) is 0 Å². The zero-order valence-corrected chi connectivity index (χ0v) is 14.6. The van der Waals surface area contributed by atoms with Crippen molar-refractivity contribution in [1.82, 2.24) is 10.6 Å². The third-order valence-corrected chi connectivity index (χ3v) is 2.39. The summed E-state index contributed by atoms with van der Waals surface area (Å²) in [7, 11) is 0. The predicted octanol–water partition coefficient (Wildman–Crippen LogP) is 0.544. The second-order valence-electron chi connectivity index (χ2n) is 6.61. The van der Waals surface area contributed by atoms with Crippen LogP contribution in [0, 0.1) is 5.92 Å². The first kappa shape index (κ1) is 21.2. The van der Waals surface area contributed by atoms with Crippen molar-refractivity contribution in [3.8, 4) is 0 Å². The fourth-order valence-corrected chi connectivity index (χ4v) is 1.39. The zero-order valence-electron chi connectivity index (χ0n) is 14.6. The summed E-state index contributed by atoms with van der Waals surface area (Å²) in [5, 5.41) is 5.03. The van der Waals surface area contributed by atoms with E-state index in [0.29, 0.717) is 6.61 Å². The summed E-state index contributed by atoms with van der Waals surface area (Å²) in [5.74, 6) is -0.756. The smallest absolute Gasteiger partial charge is 0.407 e. The van der Waals surface area contributed by atoms with Crippen LogP contribution in [0.5, 0.6) is 0 Å². The fraction of sp³-hybridized carbons (Fsp3) is 0.800. The molecule has 8 heteroatoms. The average Bonchev–Trinajstić information content (AvgIpc) is 2.39. The molecule has 134 valence electrons. The van der Waals surface area contributed by atoms with E-state index in [0.717, 1.165) is 0 Å². The molecule has 0 saturated carbocycles. The summed E-state index contributed by atoms with van der Waals surface area (Å²) < 4.78 is 10.00. The third-order valence-electron chi connectivity index (χ3n) is 2.39. The molecular weight excluding hydrogens is 302 g/mol. The topological polar surface area (TPSA) is 120 Å². The van der Waals surface area contributed by atoms with E-state index in [1.165, 1.54) is 0 Å². The third kappa shape index (κ3) is 12.4. The van der Waals surface area contributed by atoms with E-state index < -0.39 is 29.6 Å². The molecule has 2 amide bonds. The summed E-state index contributed by atoms with van der Waals surface area (Å²) >= 11 is 0. The highest BCUT2D eigenvalue weighted by molar-refractivity contribution is 5.86. The molecule has 0 heterocycles. The molecule has 0 saturated heterocycles. The minimum Gasteiger partial charge on any atom is -0.465 e. The van der Waals surface area contributed by atoms with Crippen molar-refractivity contribution >= 4 is 18.0 Å². The number of nitrogens with two attached hydrogens (primary N) is 1. The van der Waals surface area contributed by atoms with Crippen LogP contribution >= 0.6 is 0 Å². The van der Waals surface area contributed by atoms with Crippen LogP contribution in [-0.2, 0) is 19.1 Å². The van der Waals surface area contributed by atoms with E-state index in [-0.39, 0.29) is 25.4 Å². The minimum atomic E-state index is -0.976. The molecule has 0 aromatic rings. The van der Waals surface area contributed by atoms with Gasteiger partial charge in [0.2, 0.25) is 5.91 Å². The number of carbonyl (C=O) groups excluding carboxylic acids is 3. The SMILES string of the molecule is CC(C)COC(=O)C[C@H](N)C(=O)NCCNC(=O)OC(C)(C)C. The highest BCUT2D eigenvalue weighted by Gasteiger charge is 2.19. The Kier molecular flexibility index (Phi) is 9.24. The Balaban J connectivity index is 3.88. The molecule has 0 unspecified atom stereocenters. The van der Waals surface area contributed by atoms with Gasteiger partial charge in [0.25, 0.3) is 0 Å². The lowest BCUT2D eigenvalue weighted by molar-refractivity contribution is -0.146. The van der Waals surface area contributed by atoms with Crippen LogP contribution in [0.1, 0.15) is 41.0 Å². The predicted molar refractivity (Wildman–Crippen MR) is 85.6 cm³/mol. The van der Waals surface area contributed by atoms with Crippen molar-refractivity contribution in [3.05, 3.63) is 0 Å². The molecule has 0 bridgehead atoms. The van der Waals surface area contributed by atoms with Crippen molar-refractivity contribution in [2.24, 2.45) is 11.7 Å². The van der Waals surface area contributed by atoms with E-state index in [1.54, 1.807) is 20.8 Å². The van der Waals surface area contributed by atoms with Gasteiger partial charge in [0, 0.05) is 13.1 Å². The Morgan fingerprint density at radius 2 is 1.65 bits per heavy atom. The van der Waals surface area contributed by atoms with Gasteiger partial charge in [-0.15, -0.1) is 0 Å². The molecule has 0 aromatic carbocycles. The zero-order chi connectivity index (χ0) is 18.0. The molecule has 23 heavy (non-hydrogen) atoms. The lowest BCUT2D eigenvalue weighted by Crippen LogP contribution is -2.45. The number of ether oxygens (including phenoxy) is 2. The van der Waals surface area contributed by atoms with Crippen molar-refractivity contribution in [3.63, 3.8) is 0 Å². The minimum absolute atomic E-state index is 0.182. The second-order valence-corrected chi connectivity index (χ2v) is 6.61. The normalized spacial score (nSPS) is 12.5. The van der Waals surface area contributed by atoms with E-state index in [2.05, 4.69) is 10.6 Å². The number of nitrogens with one attached hydrogen (secondary N) is 2. The molecule has 0 rings (SSSR count). The summed E-state index contributed by atoms with van der Waals surface area (Å²) in [5.41, 5.74) is 5.05. The van der Waals surface area contributed by atoms with Gasteiger partial charge in [0.1, 0.15) is 5.60 Å². The summed E-state index contributed by atoms with van der Waals surface area (Å²) in [6.45, 7) is 9.78. The van der Waals surface area contributed by atoms with E-state index in [9.17, 15) is 14.4 Å². The van der Waals surface area contributed by atoms with Crippen molar-refractivity contribution < 1.29 is 23.9 Å². The molecule has 0 aliphatic heterocycles. The van der Waals surface area contributed by atoms with Crippen LogP contribution in [-0.4, -0.2) is 49.3 Å². The number of hydrogen-bond acceptors (Lipinski definition) is 6. The molecule has 0 aliphatic rings. The molecule has 0 radical (unpaired) electrons. The first-order valence-electron chi connectivity index (χ1n) is 7.67. The van der Waals surface area contributed by atoms with Crippen LogP contribution < -0.4 is 16.4 Å². The van der Waals surface area contributed by atoms with Gasteiger partial charge in [-0.05, 0) is 26.7 Å². The number of carbonyl (C=O) groups is 3. The molecule has 0 aromatic heterocycles. The highest BCUT2D eigenvalue weighted by Crippen LogP contribution is 2.06. The fourth-order valence-electron chi connectivity index (χ4n) is 1.39. The average molecular weight is 331 g/mol. The van der Waals surface area contributed by atoms with Gasteiger partial charge in [0.05, 0.1) is 19.1 Å². The summed E-state index contributed by atoms with van der Waals surface area (Å²) in [6.07, 6.45) is -0.744. The number of alkyl carbamates (subject to hydrolysis) is 1. The van der Waals surface area contributed by atoms with Crippen LogP contribution in [0.25, 0.3) is 0 Å². The summed E-state index contributed by atoms with van der Waals surface area (Å²) in [4.78, 5) is 34.5. The van der Waals surface area contributed by atoms with E-state index >= 15 is 0 Å². The first-order chi connectivity index (χ1) is 10.5. The van der Waals surface area contributed by atoms with Gasteiger partial charge < -0.3 is 25.8 Å². The van der Waals surface area contributed by atoms with Crippen molar-refractivity contribution in [2.45, 2.75) is 52.7 Å². The van der Waals surface area contributed by atoms with Crippen LogP contribution in [0.4, 0.5) is 4.79 Å². The molecule has 8 nitrogen and oxygen atoms in total. The van der Waals surface area contributed by atoms with E-state index in [1.807, 2.05) is 13.8 Å². The lowest BCUT2D eigenvalue weighted by atomic mass is 10.2. The molecule has 0 spiro atoms. The monoisotopic (exact) mass is 331 g/mol. The Morgan fingerprint density at radius 1 is 1.09 bits per heavy atom. The Hall–Kier alpha value is -1.83. The molecule has 4 N–H and O–H groups in total. The Labute approximate surface area is 137 Å². The quantitative estimate of drug-likeness (QED) is 0.441. The Bertz CT molecular complexity index is 404. The number of amides is 2. The van der Waals surface area contributed by atoms with Gasteiger partial charge in [-0.3, -0.25) is 9.59 Å². The number of esters is 1. The highest BCUT2D eigenvalue weighted by atomic mass is 16.6. The van der Waals surface area contributed by atoms with Crippen LogP contribution in [0.3, 0.4) is 0 Å². The Morgan fingerprint density at radius 3 is 2.17 bits per heavy atom. The summed E-state index contributed by atoms with van der Waals surface area (Å²) in [6, 6.07) is -0.976. The molecule has 0 aliphatic carbocycles. The first-order valence-corrected chi connectivity index (χ1v) is 7.67. The lowest BCUT2D eigenvalue weighted by Gasteiger charge is -2.19. The standard InChI is InChI=1S/C15H29N3O5/c1-10(2)9-22-12(19)8-11(16)13(20)17-6-7-18-14(21)23-15(3,4)5/h10-11H,6-9,16H2,1-5H3,(H,17,20)(H,18,21)/t11-/m0/s1. The van der Waals surface area contributed by atoms with Gasteiger partial charge in [-0.2, -0.15) is 0 Å². The van der Waals surface area contributed by atoms with Gasteiger partial charge in [-0.1, -0.05) is 13.8 Å². The number of hydrogen-bond donors (Lipinski definition) is 3. The van der Waals surface area contributed by atoms with Crippen LogP contribution in [0.2, 0.25) is 0 Å². The second kappa shape index (κ2) is 10.0. The molecular formula is C15H29N3O5. The maximum atomic E-state index is 11.7. The van der Waals surface area contributed by atoms with E-state index in [4.69, 9.17) is 15.2 Å². The van der Waals surface area contributed by atoms with Crippen molar-refractivity contribution in [1.29, 1.82) is 0 Å². The van der Waals surface area contributed by atoms with Gasteiger partial charge >= 0.3 is 12.1 Å². The van der Waals surface area contributed by atoms with Crippen LogP contribution in [0.15, 0.2) is 0 Å². The van der Waals surface area contributed by atoms with Crippen molar-refractivity contribution in [2.75, 3.05) is 19.7 Å². The maximum absolute atomic E-state index is 11.7.